The van der Waals surface area contributed by atoms with Gasteiger partial charge in [-0.25, -0.2) is 9.97 Å². The van der Waals surface area contributed by atoms with Crippen molar-refractivity contribution >= 4 is 11.9 Å². The van der Waals surface area contributed by atoms with E-state index in [0.29, 0.717) is 19.0 Å². The van der Waals surface area contributed by atoms with E-state index in [-0.39, 0.29) is 17.9 Å². The predicted octanol–water partition coefficient (Wildman–Crippen LogP) is 2.20. The molecule has 1 aliphatic heterocycles. The number of hydrogen-bond donors (Lipinski definition) is 1. The van der Waals surface area contributed by atoms with Gasteiger partial charge < -0.3 is 15.0 Å². The second-order valence-electron chi connectivity index (χ2n) is 6.21. The average molecular weight is 340 g/mol. The molecule has 6 heteroatoms. The van der Waals surface area contributed by atoms with Gasteiger partial charge in [-0.2, -0.15) is 0 Å². The minimum absolute atomic E-state index is 0.0502. The third-order valence-electron chi connectivity index (χ3n) is 4.54. The van der Waals surface area contributed by atoms with Crippen LogP contribution in [0.15, 0.2) is 48.8 Å². The summed E-state index contributed by atoms with van der Waals surface area (Å²) in [6.07, 6.45) is 5.17. The van der Waals surface area contributed by atoms with Gasteiger partial charge in [0, 0.05) is 39.1 Å². The molecular formula is C19H24N4O2. The lowest BCUT2D eigenvalue weighted by molar-refractivity contribution is -0.125. The summed E-state index contributed by atoms with van der Waals surface area (Å²) >= 11 is 0. The van der Waals surface area contributed by atoms with Gasteiger partial charge in [0.1, 0.15) is 0 Å². The highest BCUT2D eigenvalue weighted by Crippen LogP contribution is 2.21. The number of amides is 1. The molecule has 25 heavy (non-hydrogen) atoms. The van der Waals surface area contributed by atoms with Crippen LogP contribution < -0.4 is 10.2 Å². The van der Waals surface area contributed by atoms with E-state index in [1.165, 1.54) is 0 Å². The van der Waals surface area contributed by atoms with Gasteiger partial charge in [0.15, 0.2) is 0 Å². The molecule has 6 nitrogen and oxygen atoms in total. The molecule has 2 heterocycles. The van der Waals surface area contributed by atoms with Gasteiger partial charge in [-0.15, -0.1) is 0 Å². The largest absolute Gasteiger partial charge is 0.375 e. The van der Waals surface area contributed by atoms with Crippen molar-refractivity contribution in [2.75, 3.05) is 31.6 Å². The third-order valence-corrected chi connectivity index (χ3v) is 4.54. The standard InChI is InChI=1S/C19H24N4O2/c1-25-17(15-7-3-2-4-8-15)13-22-18(24)16-9-5-12-23(14-16)19-20-10-6-11-21-19/h2-4,6-8,10-11,16-17H,5,9,12-14H2,1H3,(H,22,24)/t16-,17+/m0/s1. The molecule has 132 valence electrons. The molecule has 1 fully saturated rings. The molecule has 0 unspecified atom stereocenters. The Balaban J connectivity index is 1.55. The molecule has 1 saturated heterocycles. The van der Waals surface area contributed by atoms with Crippen LogP contribution in [0.25, 0.3) is 0 Å². The van der Waals surface area contributed by atoms with Crippen LogP contribution in [-0.2, 0) is 9.53 Å². The van der Waals surface area contributed by atoms with Crippen LogP contribution in [0.3, 0.4) is 0 Å². The molecule has 2 aromatic rings. The summed E-state index contributed by atoms with van der Waals surface area (Å²) in [4.78, 5) is 23.2. The number of ether oxygens (including phenoxy) is 1. The zero-order chi connectivity index (χ0) is 17.5. The minimum atomic E-state index is -0.137. The Bertz CT molecular complexity index is 666. The first-order valence-corrected chi connectivity index (χ1v) is 8.65. The van der Waals surface area contributed by atoms with Crippen molar-refractivity contribution < 1.29 is 9.53 Å². The third kappa shape index (κ3) is 4.54. The average Bonchev–Trinajstić information content (AvgIpc) is 2.70. The molecule has 0 aliphatic carbocycles. The highest BCUT2D eigenvalue weighted by Gasteiger charge is 2.27. The number of nitrogens with zero attached hydrogens (tertiary/aromatic N) is 3. The lowest BCUT2D eigenvalue weighted by atomic mass is 9.97. The Labute approximate surface area is 148 Å². The van der Waals surface area contributed by atoms with E-state index in [0.717, 1.165) is 24.9 Å². The molecule has 1 aromatic heterocycles. The fourth-order valence-electron chi connectivity index (χ4n) is 3.17. The Hall–Kier alpha value is -2.47. The van der Waals surface area contributed by atoms with Crippen molar-refractivity contribution in [2.24, 2.45) is 5.92 Å². The molecule has 1 aromatic carbocycles. The van der Waals surface area contributed by atoms with E-state index >= 15 is 0 Å². The fraction of sp³-hybridized carbons (Fsp3) is 0.421. The molecule has 0 radical (unpaired) electrons. The summed E-state index contributed by atoms with van der Waals surface area (Å²) in [6, 6.07) is 11.7. The van der Waals surface area contributed by atoms with Crippen LogP contribution >= 0.6 is 0 Å². The zero-order valence-corrected chi connectivity index (χ0v) is 14.5. The highest BCUT2D eigenvalue weighted by molar-refractivity contribution is 5.79. The Morgan fingerprint density at radius 3 is 2.76 bits per heavy atom. The number of methoxy groups -OCH3 is 1. The summed E-state index contributed by atoms with van der Waals surface area (Å²) in [5.74, 6) is 0.712. The minimum Gasteiger partial charge on any atom is -0.375 e. The molecule has 0 saturated carbocycles. The second-order valence-corrected chi connectivity index (χ2v) is 6.21. The first kappa shape index (κ1) is 17.4. The Morgan fingerprint density at radius 1 is 1.28 bits per heavy atom. The quantitative estimate of drug-likeness (QED) is 0.873. The molecule has 0 bridgehead atoms. The van der Waals surface area contributed by atoms with Crippen LogP contribution in [0.5, 0.6) is 0 Å². The zero-order valence-electron chi connectivity index (χ0n) is 14.5. The molecule has 0 spiro atoms. The normalized spacial score (nSPS) is 18.6. The summed E-state index contributed by atoms with van der Waals surface area (Å²) in [7, 11) is 1.67. The first-order chi connectivity index (χ1) is 12.3. The van der Waals surface area contributed by atoms with E-state index in [2.05, 4.69) is 20.2 Å². The van der Waals surface area contributed by atoms with Gasteiger partial charge in [-0.1, -0.05) is 30.3 Å². The SMILES string of the molecule is CO[C@H](CNC(=O)[C@H]1CCCN(c2ncccn2)C1)c1ccccc1. The van der Waals surface area contributed by atoms with Gasteiger partial charge in [0.05, 0.1) is 12.0 Å². The molecule has 1 amide bonds. The second kappa shape index (κ2) is 8.58. The monoisotopic (exact) mass is 340 g/mol. The maximum Gasteiger partial charge on any atom is 0.225 e. The first-order valence-electron chi connectivity index (χ1n) is 8.65. The van der Waals surface area contributed by atoms with E-state index in [4.69, 9.17) is 4.74 Å². The number of benzene rings is 1. The number of hydrogen-bond acceptors (Lipinski definition) is 5. The predicted molar refractivity (Wildman–Crippen MR) is 96.2 cm³/mol. The smallest absolute Gasteiger partial charge is 0.225 e. The van der Waals surface area contributed by atoms with Crippen LogP contribution in [0, 0.1) is 5.92 Å². The summed E-state index contributed by atoms with van der Waals surface area (Å²) < 4.78 is 5.52. The van der Waals surface area contributed by atoms with Gasteiger partial charge in [-0.3, -0.25) is 4.79 Å². The molecule has 1 aliphatic rings. The number of carbonyl (C=O) groups excluding carboxylic acids is 1. The van der Waals surface area contributed by atoms with Gasteiger partial charge >= 0.3 is 0 Å². The fourth-order valence-corrected chi connectivity index (χ4v) is 3.17. The van der Waals surface area contributed by atoms with Crippen molar-refractivity contribution in [3.63, 3.8) is 0 Å². The van der Waals surface area contributed by atoms with Crippen molar-refractivity contribution in [1.29, 1.82) is 0 Å². The van der Waals surface area contributed by atoms with Crippen LogP contribution in [0.4, 0.5) is 5.95 Å². The molecular weight excluding hydrogens is 316 g/mol. The van der Waals surface area contributed by atoms with E-state index in [1.807, 2.05) is 30.3 Å². The molecule has 3 rings (SSSR count). The highest BCUT2D eigenvalue weighted by atomic mass is 16.5. The van der Waals surface area contributed by atoms with Gasteiger partial charge in [-0.05, 0) is 24.5 Å². The maximum absolute atomic E-state index is 12.6. The summed E-state index contributed by atoms with van der Waals surface area (Å²) in [6.45, 7) is 2.01. The van der Waals surface area contributed by atoms with Gasteiger partial charge in [0.25, 0.3) is 0 Å². The summed E-state index contributed by atoms with van der Waals surface area (Å²) in [5, 5.41) is 3.04. The van der Waals surface area contributed by atoms with E-state index in [1.54, 1.807) is 25.6 Å². The topological polar surface area (TPSA) is 67.3 Å². The van der Waals surface area contributed by atoms with Gasteiger partial charge in [0.2, 0.25) is 11.9 Å². The number of aromatic nitrogens is 2. The number of piperidine rings is 1. The number of carbonyl (C=O) groups is 1. The number of rotatable bonds is 6. The lowest BCUT2D eigenvalue weighted by Gasteiger charge is -2.32. The molecule has 1 N–H and O–H groups in total. The number of anilines is 1. The van der Waals surface area contributed by atoms with Crippen LogP contribution in [0.1, 0.15) is 24.5 Å². The van der Waals surface area contributed by atoms with Crippen LogP contribution in [0.2, 0.25) is 0 Å². The van der Waals surface area contributed by atoms with Crippen molar-refractivity contribution in [2.45, 2.75) is 18.9 Å². The van der Waals surface area contributed by atoms with Crippen molar-refractivity contribution in [3.05, 3.63) is 54.4 Å². The van der Waals surface area contributed by atoms with Crippen LogP contribution in [-0.4, -0.2) is 42.6 Å². The van der Waals surface area contributed by atoms with Crippen molar-refractivity contribution in [3.8, 4) is 0 Å². The lowest BCUT2D eigenvalue weighted by Crippen LogP contribution is -2.44. The maximum atomic E-state index is 12.6. The Morgan fingerprint density at radius 2 is 2.04 bits per heavy atom. The Kier molecular flexibility index (Phi) is 5.95. The van der Waals surface area contributed by atoms with E-state index in [9.17, 15) is 4.79 Å². The summed E-state index contributed by atoms with van der Waals surface area (Å²) in [5.41, 5.74) is 1.06. The molecule has 2 atom stereocenters. The van der Waals surface area contributed by atoms with Crippen molar-refractivity contribution in [1.82, 2.24) is 15.3 Å². The number of nitrogens with one attached hydrogen (secondary N) is 1. The van der Waals surface area contributed by atoms with E-state index < -0.39 is 0 Å².